The van der Waals surface area contributed by atoms with Crippen LogP contribution in [0.4, 0.5) is 5.00 Å². The number of hydrogen-bond donors (Lipinski definition) is 1. The average molecular weight is 250 g/mol. The van der Waals surface area contributed by atoms with Crippen molar-refractivity contribution >= 4 is 22.3 Å². The van der Waals surface area contributed by atoms with Gasteiger partial charge in [0.05, 0.1) is 17.6 Å². The van der Waals surface area contributed by atoms with Gasteiger partial charge in [0, 0.05) is 10.4 Å². The highest BCUT2D eigenvalue weighted by Crippen LogP contribution is 2.47. The third-order valence-corrected chi connectivity index (χ3v) is 4.33. The largest absolute Gasteiger partial charge is 0.465 e. The molecule has 1 heterocycles. The van der Waals surface area contributed by atoms with Gasteiger partial charge in [0.1, 0.15) is 11.1 Å². The summed E-state index contributed by atoms with van der Waals surface area (Å²) in [4.78, 5) is 13.1. The molecule has 2 rings (SSSR count). The number of fused-ring (bicyclic) bond motifs is 1. The lowest BCUT2D eigenvalue weighted by atomic mass is 9.83. The number of carbonyl (C=O) groups excluding carboxylic acids is 1. The van der Waals surface area contributed by atoms with Crippen molar-refractivity contribution in [3.05, 3.63) is 16.0 Å². The lowest BCUT2D eigenvalue weighted by molar-refractivity contribution is -0.149. The van der Waals surface area contributed by atoms with Gasteiger partial charge in [-0.2, -0.15) is 5.26 Å². The van der Waals surface area contributed by atoms with Crippen molar-refractivity contribution in [2.24, 2.45) is 0 Å². The van der Waals surface area contributed by atoms with Gasteiger partial charge in [-0.25, -0.2) is 0 Å². The Labute approximate surface area is 104 Å². The first-order valence-electron chi connectivity index (χ1n) is 5.53. The van der Waals surface area contributed by atoms with E-state index in [1.165, 1.54) is 11.3 Å². The zero-order valence-electron chi connectivity index (χ0n) is 9.87. The first-order chi connectivity index (χ1) is 8.04. The van der Waals surface area contributed by atoms with Crippen LogP contribution in [-0.4, -0.2) is 12.6 Å². The summed E-state index contributed by atoms with van der Waals surface area (Å²) in [6.45, 7) is 3.97. The highest BCUT2D eigenvalue weighted by molar-refractivity contribution is 7.16. The molecule has 17 heavy (non-hydrogen) atoms. The van der Waals surface area contributed by atoms with Gasteiger partial charge >= 0.3 is 5.97 Å². The van der Waals surface area contributed by atoms with Crippen molar-refractivity contribution in [1.82, 2.24) is 0 Å². The van der Waals surface area contributed by atoms with E-state index >= 15 is 0 Å². The van der Waals surface area contributed by atoms with E-state index in [-0.39, 0.29) is 5.97 Å². The topological polar surface area (TPSA) is 76.1 Å². The van der Waals surface area contributed by atoms with Crippen molar-refractivity contribution in [3.63, 3.8) is 0 Å². The maximum Gasteiger partial charge on any atom is 0.316 e. The summed E-state index contributed by atoms with van der Waals surface area (Å²) in [5, 5.41) is 9.65. The van der Waals surface area contributed by atoms with Crippen molar-refractivity contribution in [2.45, 2.75) is 32.1 Å². The standard InChI is InChI=1S/C12H14N2O2S/c1-3-16-11(15)12(2)5-4-8-9(12)7(6-13)10(14)17-8/h3-5,14H2,1-2H3. The molecule has 0 aliphatic heterocycles. The normalized spacial score (nSPS) is 21.9. The van der Waals surface area contributed by atoms with Crippen LogP contribution in [0.25, 0.3) is 0 Å². The molecule has 4 nitrogen and oxygen atoms in total. The second-order valence-corrected chi connectivity index (χ2v) is 5.44. The Hall–Kier alpha value is -1.54. The Morgan fingerprint density at radius 2 is 2.41 bits per heavy atom. The summed E-state index contributed by atoms with van der Waals surface area (Å²) in [7, 11) is 0. The summed E-state index contributed by atoms with van der Waals surface area (Å²) in [5.74, 6) is -0.256. The predicted molar refractivity (Wildman–Crippen MR) is 65.8 cm³/mol. The summed E-state index contributed by atoms with van der Waals surface area (Å²) in [6, 6.07) is 2.11. The molecule has 5 heteroatoms. The third kappa shape index (κ3) is 1.60. The van der Waals surface area contributed by atoms with Crippen LogP contribution >= 0.6 is 11.3 Å². The molecule has 1 aromatic heterocycles. The van der Waals surface area contributed by atoms with E-state index in [0.717, 1.165) is 16.9 Å². The van der Waals surface area contributed by atoms with E-state index in [1.54, 1.807) is 6.92 Å². The van der Waals surface area contributed by atoms with Crippen LogP contribution in [0.1, 0.15) is 36.3 Å². The van der Waals surface area contributed by atoms with E-state index in [2.05, 4.69) is 6.07 Å². The van der Waals surface area contributed by atoms with Gasteiger partial charge in [0.25, 0.3) is 0 Å². The molecule has 0 amide bonds. The minimum atomic E-state index is -0.704. The lowest BCUT2D eigenvalue weighted by Gasteiger charge is -2.22. The zero-order chi connectivity index (χ0) is 12.6. The molecule has 0 aromatic carbocycles. The summed E-state index contributed by atoms with van der Waals surface area (Å²) < 4.78 is 5.11. The fraction of sp³-hybridized carbons (Fsp3) is 0.500. The van der Waals surface area contributed by atoms with Gasteiger partial charge in [0.2, 0.25) is 0 Å². The Morgan fingerprint density at radius 3 is 3.00 bits per heavy atom. The Balaban J connectivity index is 2.52. The maximum absolute atomic E-state index is 12.0. The van der Waals surface area contributed by atoms with Gasteiger partial charge in [-0.15, -0.1) is 11.3 Å². The monoisotopic (exact) mass is 250 g/mol. The summed E-state index contributed by atoms with van der Waals surface area (Å²) >= 11 is 1.41. The first-order valence-corrected chi connectivity index (χ1v) is 6.35. The number of aryl methyl sites for hydroxylation is 1. The van der Waals surface area contributed by atoms with Crippen LogP contribution in [0.2, 0.25) is 0 Å². The summed E-state index contributed by atoms with van der Waals surface area (Å²) in [6.07, 6.45) is 1.49. The maximum atomic E-state index is 12.0. The Kier molecular flexibility index (Phi) is 2.84. The minimum Gasteiger partial charge on any atom is -0.465 e. The molecule has 1 unspecified atom stereocenters. The quantitative estimate of drug-likeness (QED) is 0.814. The number of nitriles is 1. The van der Waals surface area contributed by atoms with E-state index < -0.39 is 5.41 Å². The highest BCUT2D eigenvalue weighted by atomic mass is 32.1. The molecule has 2 N–H and O–H groups in total. The fourth-order valence-electron chi connectivity index (χ4n) is 2.35. The fourth-order valence-corrected chi connectivity index (χ4v) is 3.50. The number of thiophene rings is 1. The van der Waals surface area contributed by atoms with E-state index in [4.69, 9.17) is 15.7 Å². The molecule has 90 valence electrons. The molecule has 0 saturated heterocycles. The second-order valence-electron chi connectivity index (χ2n) is 4.30. The number of nitrogens with two attached hydrogens (primary N) is 1. The van der Waals surface area contributed by atoms with Crippen LogP contribution in [0.5, 0.6) is 0 Å². The number of rotatable bonds is 2. The summed E-state index contributed by atoms with van der Waals surface area (Å²) in [5.41, 5.74) is 6.35. The van der Waals surface area contributed by atoms with Gasteiger partial charge < -0.3 is 10.5 Å². The molecule has 0 bridgehead atoms. The molecule has 0 spiro atoms. The molecular weight excluding hydrogens is 236 g/mol. The third-order valence-electron chi connectivity index (χ3n) is 3.25. The van der Waals surface area contributed by atoms with E-state index in [1.807, 2.05) is 6.92 Å². The molecule has 1 aliphatic carbocycles. The Morgan fingerprint density at radius 1 is 1.71 bits per heavy atom. The zero-order valence-corrected chi connectivity index (χ0v) is 10.7. The minimum absolute atomic E-state index is 0.256. The van der Waals surface area contributed by atoms with Crippen molar-refractivity contribution in [2.75, 3.05) is 12.3 Å². The number of nitrogens with zero attached hydrogens (tertiary/aromatic N) is 1. The SMILES string of the molecule is CCOC(=O)C1(C)CCc2sc(N)c(C#N)c21. The Bertz CT molecular complexity index is 515. The van der Waals surface area contributed by atoms with Crippen LogP contribution in [0.15, 0.2) is 0 Å². The van der Waals surface area contributed by atoms with Gasteiger partial charge in [-0.05, 0) is 26.7 Å². The number of esters is 1. The predicted octanol–water partition coefficient (Wildman–Crippen LogP) is 1.97. The molecule has 1 aliphatic rings. The van der Waals surface area contributed by atoms with Crippen molar-refractivity contribution in [1.29, 1.82) is 5.26 Å². The molecular formula is C12H14N2O2S. The molecule has 1 aromatic rings. The smallest absolute Gasteiger partial charge is 0.316 e. The molecule has 0 saturated carbocycles. The van der Waals surface area contributed by atoms with Gasteiger partial charge in [-0.1, -0.05) is 0 Å². The molecule has 0 fully saturated rings. The van der Waals surface area contributed by atoms with Crippen LogP contribution in [0.3, 0.4) is 0 Å². The number of anilines is 1. The van der Waals surface area contributed by atoms with Crippen molar-refractivity contribution < 1.29 is 9.53 Å². The second kappa shape index (κ2) is 4.04. The number of ether oxygens (including phenoxy) is 1. The number of nitrogen functional groups attached to an aromatic ring is 1. The van der Waals surface area contributed by atoms with E-state index in [0.29, 0.717) is 23.6 Å². The van der Waals surface area contributed by atoms with Gasteiger partial charge in [-0.3, -0.25) is 4.79 Å². The first kappa shape index (κ1) is 11.9. The number of carbonyl (C=O) groups is 1. The molecule has 0 radical (unpaired) electrons. The highest BCUT2D eigenvalue weighted by Gasteiger charge is 2.46. The van der Waals surface area contributed by atoms with Crippen LogP contribution in [0, 0.1) is 11.3 Å². The van der Waals surface area contributed by atoms with Crippen LogP contribution in [-0.2, 0) is 21.4 Å². The van der Waals surface area contributed by atoms with Crippen molar-refractivity contribution in [3.8, 4) is 6.07 Å². The van der Waals surface area contributed by atoms with Crippen LogP contribution < -0.4 is 5.73 Å². The molecule has 1 atom stereocenters. The van der Waals surface area contributed by atoms with Gasteiger partial charge in [0.15, 0.2) is 0 Å². The van der Waals surface area contributed by atoms with E-state index in [9.17, 15) is 4.79 Å². The number of hydrogen-bond acceptors (Lipinski definition) is 5. The average Bonchev–Trinajstić information content (AvgIpc) is 2.77. The lowest BCUT2D eigenvalue weighted by Crippen LogP contribution is -2.32.